The van der Waals surface area contributed by atoms with Gasteiger partial charge in [-0.15, -0.1) is 0 Å². The molecule has 2 aromatic rings. The molecule has 0 bridgehead atoms. The van der Waals surface area contributed by atoms with Crippen LogP contribution in [0.1, 0.15) is 35.8 Å². The van der Waals surface area contributed by atoms with Crippen molar-refractivity contribution in [1.29, 1.82) is 0 Å². The Morgan fingerprint density at radius 2 is 1.94 bits per heavy atom. The Morgan fingerprint density at radius 3 is 2.50 bits per heavy atom. The lowest BCUT2D eigenvalue weighted by Gasteiger charge is -2.17. The van der Waals surface area contributed by atoms with Crippen LogP contribution in [0.4, 0.5) is 0 Å². The first kappa shape index (κ1) is 10.9. The van der Waals surface area contributed by atoms with Gasteiger partial charge in [0.15, 0.2) is 0 Å². The molecule has 16 heavy (non-hydrogen) atoms. The first-order chi connectivity index (χ1) is 7.68. The van der Waals surface area contributed by atoms with Crippen molar-refractivity contribution in [2.24, 2.45) is 0 Å². The molecular formula is C13H15NO2. The van der Waals surface area contributed by atoms with E-state index in [-0.39, 0.29) is 5.92 Å². The topological polar surface area (TPSA) is 46.3 Å². The standard InChI is InChI=1S/C13H15NO2/c1-9-7-12(8-16-9)13(15)10(2)11-3-5-14-6-4-11/h3-8,10,13,15H,1-2H3. The molecular weight excluding hydrogens is 202 g/mol. The van der Waals surface area contributed by atoms with Crippen LogP contribution in [0.2, 0.25) is 0 Å². The van der Waals surface area contributed by atoms with Gasteiger partial charge in [0.25, 0.3) is 0 Å². The number of pyridine rings is 1. The summed E-state index contributed by atoms with van der Waals surface area (Å²) in [7, 11) is 0. The van der Waals surface area contributed by atoms with Gasteiger partial charge in [-0.1, -0.05) is 6.92 Å². The van der Waals surface area contributed by atoms with Crippen molar-refractivity contribution in [3.63, 3.8) is 0 Å². The van der Waals surface area contributed by atoms with Crippen LogP contribution in [-0.2, 0) is 0 Å². The molecule has 2 aromatic heterocycles. The maximum absolute atomic E-state index is 10.2. The highest BCUT2D eigenvalue weighted by atomic mass is 16.3. The fourth-order valence-corrected chi connectivity index (χ4v) is 1.76. The molecule has 84 valence electrons. The van der Waals surface area contributed by atoms with Crippen molar-refractivity contribution in [2.45, 2.75) is 25.9 Å². The molecule has 2 atom stereocenters. The second kappa shape index (κ2) is 4.49. The fourth-order valence-electron chi connectivity index (χ4n) is 1.76. The third-order valence-electron chi connectivity index (χ3n) is 2.80. The van der Waals surface area contributed by atoms with Crippen LogP contribution in [0.15, 0.2) is 41.3 Å². The van der Waals surface area contributed by atoms with Crippen LogP contribution in [0.3, 0.4) is 0 Å². The number of aryl methyl sites for hydroxylation is 1. The van der Waals surface area contributed by atoms with Gasteiger partial charge < -0.3 is 9.52 Å². The molecule has 0 spiro atoms. The third kappa shape index (κ3) is 2.14. The number of hydrogen-bond acceptors (Lipinski definition) is 3. The van der Waals surface area contributed by atoms with Gasteiger partial charge in [-0.3, -0.25) is 4.98 Å². The minimum absolute atomic E-state index is 0.0278. The average Bonchev–Trinajstić information content (AvgIpc) is 2.75. The van der Waals surface area contributed by atoms with Crippen LogP contribution >= 0.6 is 0 Å². The van der Waals surface area contributed by atoms with Gasteiger partial charge in [0, 0.05) is 23.9 Å². The number of aliphatic hydroxyl groups excluding tert-OH is 1. The Bertz CT molecular complexity index is 450. The summed E-state index contributed by atoms with van der Waals surface area (Å²) >= 11 is 0. The van der Waals surface area contributed by atoms with E-state index in [0.717, 1.165) is 16.9 Å². The highest BCUT2D eigenvalue weighted by molar-refractivity contribution is 5.23. The maximum atomic E-state index is 10.2. The third-order valence-corrected chi connectivity index (χ3v) is 2.80. The second-order valence-electron chi connectivity index (χ2n) is 4.00. The number of hydrogen-bond donors (Lipinski definition) is 1. The summed E-state index contributed by atoms with van der Waals surface area (Å²) in [6.45, 7) is 3.86. The Balaban J connectivity index is 2.19. The zero-order valence-electron chi connectivity index (χ0n) is 9.42. The Labute approximate surface area is 94.8 Å². The Morgan fingerprint density at radius 1 is 1.25 bits per heavy atom. The summed E-state index contributed by atoms with van der Waals surface area (Å²) in [6, 6.07) is 5.70. The van der Waals surface area contributed by atoms with Crippen molar-refractivity contribution < 1.29 is 9.52 Å². The smallest absolute Gasteiger partial charge is 0.101 e. The predicted octanol–water partition coefficient (Wildman–Crippen LogP) is 2.82. The van der Waals surface area contributed by atoms with Gasteiger partial charge in [-0.05, 0) is 30.7 Å². The maximum Gasteiger partial charge on any atom is 0.101 e. The Hall–Kier alpha value is -1.61. The molecule has 2 rings (SSSR count). The van der Waals surface area contributed by atoms with E-state index in [1.165, 1.54) is 0 Å². The second-order valence-corrected chi connectivity index (χ2v) is 4.00. The van der Waals surface area contributed by atoms with E-state index in [1.54, 1.807) is 18.7 Å². The van der Waals surface area contributed by atoms with Crippen LogP contribution in [0.25, 0.3) is 0 Å². The summed E-state index contributed by atoms with van der Waals surface area (Å²) < 4.78 is 5.20. The number of furan rings is 1. The van der Waals surface area contributed by atoms with E-state index in [0.29, 0.717) is 0 Å². The molecule has 0 aliphatic rings. The summed E-state index contributed by atoms with van der Waals surface area (Å²) in [5, 5.41) is 10.2. The van der Waals surface area contributed by atoms with E-state index >= 15 is 0 Å². The van der Waals surface area contributed by atoms with Gasteiger partial charge in [0.05, 0.1) is 12.4 Å². The zero-order chi connectivity index (χ0) is 11.5. The number of aromatic nitrogens is 1. The van der Waals surface area contributed by atoms with Gasteiger partial charge in [0.2, 0.25) is 0 Å². The summed E-state index contributed by atoms with van der Waals surface area (Å²) in [4.78, 5) is 3.96. The molecule has 0 fully saturated rings. The molecule has 2 heterocycles. The van der Waals surface area contributed by atoms with Crippen LogP contribution in [-0.4, -0.2) is 10.1 Å². The highest BCUT2D eigenvalue weighted by Gasteiger charge is 2.19. The molecule has 0 radical (unpaired) electrons. The van der Waals surface area contributed by atoms with E-state index in [9.17, 15) is 5.11 Å². The highest BCUT2D eigenvalue weighted by Crippen LogP contribution is 2.30. The zero-order valence-corrected chi connectivity index (χ0v) is 9.42. The average molecular weight is 217 g/mol. The quantitative estimate of drug-likeness (QED) is 0.859. The molecule has 0 aliphatic carbocycles. The van der Waals surface area contributed by atoms with Crippen molar-refractivity contribution in [3.8, 4) is 0 Å². The largest absolute Gasteiger partial charge is 0.469 e. The van der Waals surface area contributed by atoms with E-state index < -0.39 is 6.10 Å². The minimum Gasteiger partial charge on any atom is -0.469 e. The lowest BCUT2D eigenvalue weighted by Crippen LogP contribution is -2.06. The first-order valence-electron chi connectivity index (χ1n) is 5.31. The molecule has 0 amide bonds. The summed E-state index contributed by atoms with van der Waals surface area (Å²) in [5.41, 5.74) is 1.89. The van der Waals surface area contributed by atoms with Crippen LogP contribution in [0, 0.1) is 6.92 Å². The first-order valence-corrected chi connectivity index (χ1v) is 5.31. The molecule has 3 nitrogen and oxygen atoms in total. The number of aliphatic hydroxyl groups is 1. The molecule has 3 heteroatoms. The van der Waals surface area contributed by atoms with Crippen LogP contribution < -0.4 is 0 Å². The summed E-state index contributed by atoms with van der Waals surface area (Å²) in [6.07, 6.45) is 4.54. The van der Waals surface area contributed by atoms with Crippen molar-refractivity contribution in [1.82, 2.24) is 4.98 Å². The van der Waals surface area contributed by atoms with Crippen LogP contribution in [0.5, 0.6) is 0 Å². The van der Waals surface area contributed by atoms with E-state index in [2.05, 4.69) is 4.98 Å². The molecule has 1 N–H and O–H groups in total. The minimum atomic E-state index is -0.542. The lowest BCUT2D eigenvalue weighted by molar-refractivity contribution is 0.151. The van der Waals surface area contributed by atoms with E-state index in [1.807, 2.05) is 32.0 Å². The SMILES string of the molecule is Cc1cc(C(O)C(C)c2ccncc2)co1. The molecule has 0 saturated carbocycles. The van der Waals surface area contributed by atoms with E-state index in [4.69, 9.17) is 4.42 Å². The van der Waals surface area contributed by atoms with Crippen molar-refractivity contribution in [3.05, 3.63) is 53.7 Å². The molecule has 0 aliphatic heterocycles. The van der Waals surface area contributed by atoms with Gasteiger partial charge in [-0.2, -0.15) is 0 Å². The van der Waals surface area contributed by atoms with Crippen molar-refractivity contribution >= 4 is 0 Å². The molecule has 0 saturated heterocycles. The monoisotopic (exact) mass is 217 g/mol. The van der Waals surface area contributed by atoms with Gasteiger partial charge >= 0.3 is 0 Å². The predicted molar refractivity (Wildman–Crippen MR) is 61.1 cm³/mol. The van der Waals surface area contributed by atoms with Gasteiger partial charge in [-0.25, -0.2) is 0 Å². The summed E-state index contributed by atoms with van der Waals surface area (Å²) in [5.74, 6) is 0.843. The van der Waals surface area contributed by atoms with Gasteiger partial charge in [0.1, 0.15) is 5.76 Å². The molecule has 2 unspecified atom stereocenters. The Kier molecular flexibility index (Phi) is 3.06. The number of nitrogens with zero attached hydrogens (tertiary/aromatic N) is 1. The number of rotatable bonds is 3. The lowest BCUT2D eigenvalue weighted by atomic mass is 9.93. The fraction of sp³-hybridized carbons (Fsp3) is 0.308. The normalized spacial score (nSPS) is 14.7. The van der Waals surface area contributed by atoms with Crippen molar-refractivity contribution in [2.75, 3.05) is 0 Å². The molecule has 0 aromatic carbocycles.